The van der Waals surface area contributed by atoms with Crippen molar-refractivity contribution in [3.8, 4) is 23.0 Å². The number of hydrogen-bond donors (Lipinski definition) is 1. The van der Waals surface area contributed by atoms with Crippen LogP contribution in [0.1, 0.15) is 24.0 Å². The zero-order valence-electron chi connectivity index (χ0n) is 19.9. The zero-order chi connectivity index (χ0) is 24.8. The first-order valence-electron chi connectivity index (χ1n) is 11.7. The second kappa shape index (κ2) is 11.6. The summed E-state index contributed by atoms with van der Waals surface area (Å²) in [6, 6.07) is 11.4. The van der Waals surface area contributed by atoms with Crippen LogP contribution in [0.2, 0.25) is 0 Å². The minimum Gasteiger partial charge on any atom is -0.493 e. The van der Waals surface area contributed by atoms with E-state index in [1.165, 1.54) is 13.5 Å². The number of nitrogens with one attached hydrogen (secondary N) is 1. The number of ether oxygens (including phenoxy) is 5. The molecular weight excluding hydrogens is 474 g/mol. The number of hydrogen-bond acceptors (Lipinski definition) is 8. The number of rotatable bonds is 10. The van der Waals surface area contributed by atoms with Gasteiger partial charge in [-0.2, -0.15) is 0 Å². The van der Waals surface area contributed by atoms with Crippen molar-refractivity contribution in [3.63, 3.8) is 0 Å². The highest BCUT2D eigenvalue weighted by Gasteiger charge is 2.37. The van der Waals surface area contributed by atoms with Gasteiger partial charge in [-0.05, 0) is 67.6 Å². The molecule has 2 aliphatic rings. The Labute approximate surface area is 209 Å². The maximum atomic E-state index is 12.5. The second-order valence-electron chi connectivity index (χ2n) is 8.82. The molecule has 1 unspecified atom stereocenters. The van der Waals surface area contributed by atoms with Crippen LogP contribution in [0.3, 0.4) is 0 Å². The Morgan fingerprint density at radius 1 is 1.03 bits per heavy atom. The van der Waals surface area contributed by atoms with E-state index in [2.05, 4.69) is 5.32 Å². The van der Waals surface area contributed by atoms with Gasteiger partial charge in [0.15, 0.2) is 23.0 Å². The van der Waals surface area contributed by atoms with Gasteiger partial charge in [0.2, 0.25) is 0 Å². The van der Waals surface area contributed by atoms with Crippen LogP contribution in [-0.4, -0.2) is 51.4 Å². The summed E-state index contributed by atoms with van der Waals surface area (Å²) in [6.45, 7) is 2.00. The SMILES string of the molecule is COc1cc(C[C@H]2COC(=O)[C@@H]2Cc2ccc(OC(=O)Cl)c(OC)c2)ccc1OCC1CCCN1. The number of benzene rings is 2. The summed E-state index contributed by atoms with van der Waals surface area (Å²) in [5, 5.41) is 3.42. The highest BCUT2D eigenvalue weighted by Crippen LogP contribution is 2.35. The first-order chi connectivity index (χ1) is 17.0. The van der Waals surface area contributed by atoms with Crippen molar-refractivity contribution in [1.29, 1.82) is 0 Å². The fraction of sp³-hybridized carbons (Fsp3) is 0.462. The van der Waals surface area contributed by atoms with E-state index in [-0.39, 0.29) is 23.6 Å². The van der Waals surface area contributed by atoms with Crippen LogP contribution in [0.15, 0.2) is 36.4 Å². The minimum absolute atomic E-state index is 0.00741. The molecule has 0 aliphatic carbocycles. The molecule has 8 nitrogen and oxygen atoms in total. The maximum absolute atomic E-state index is 12.5. The maximum Gasteiger partial charge on any atom is 0.409 e. The largest absolute Gasteiger partial charge is 0.493 e. The molecular formula is C26H30ClNO7. The molecule has 2 aromatic rings. The summed E-state index contributed by atoms with van der Waals surface area (Å²) in [4.78, 5) is 23.6. The van der Waals surface area contributed by atoms with E-state index in [1.54, 1.807) is 25.3 Å². The molecule has 0 radical (unpaired) electrons. The van der Waals surface area contributed by atoms with Crippen LogP contribution in [-0.2, 0) is 22.4 Å². The minimum atomic E-state index is -0.947. The van der Waals surface area contributed by atoms with Gasteiger partial charge in [-0.3, -0.25) is 4.79 Å². The van der Waals surface area contributed by atoms with E-state index >= 15 is 0 Å². The highest BCUT2D eigenvalue weighted by molar-refractivity contribution is 6.61. The molecule has 35 heavy (non-hydrogen) atoms. The van der Waals surface area contributed by atoms with E-state index in [1.807, 2.05) is 18.2 Å². The number of carbonyl (C=O) groups is 2. The highest BCUT2D eigenvalue weighted by atomic mass is 35.5. The summed E-state index contributed by atoms with van der Waals surface area (Å²) in [5.41, 5.74) is 0.966. The van der Waals surface area contributed by atoms with Crippen LogP contribution >= 0.6 is 11.6 Å². The van der Waals surface area contributed by atoms with Gasteiger partial charge < -0.3 is 29.0 Å². The van der Waals surface area contributed by atoms with Gasteiger partial charge in [-0.15, -0.1) is 0 Å². The van der Waals surface area contributed by atoms with Crippen molar-refractivity contribution in [3.05, 3.63) is 47.5 Å². The summed E-state index contributed by atoms with van der Waals surface area (Å²) in [5.74, 6) is 1.46. The van der Waals surface area contributed by atoms with Gasteiger partial charge in [0, 0.05) is 23.6 Å². The Kier molecular flexibility index (Phi) is 8.36. The number of cyclic esters (lactones) is 1. The zero-order valence-corrected chi connectivity index (χ0v) is 20.6. The first kappa shape index (κ1) is 25.1. The molecule has 9 heteroatoms. The first-order valence-corrected chi connectivity index (χ1v) is 12.1. The monoisotopic (exact) mass is 503 g/mol. The van der Waals surface area contributed by atoms with Crippen LogP contribution in [0.5, 0.6) is 23.0 Å². The van der Waals surface area contributed by atoms with Gasteiger partial charge in [0.25, 0.3) is 0 Å². The third kappa shape index (κ3) is 6.38. The van der Waals surface area contributed by atoms with Crippen LogP contribution in [0, 0.1) is 11.8 Å². The molecule has 0 amide bonds. The van der Waals surface area contributed by atoms with E-state index in [0.29, 0.717) is 49.3 Å². The lowest BCUT2D eigenvalue weighted by atomic mass is 9.85. The average molecular weight is 504 g/mol. The molecule has 2 heterocycles. The summed E-state index contributed by atoms with van der Waals surface area (Å²) >= 11 is 5.31. The number of methoxy groups -OCH3 is 2. The van der Waals surface area contributed by atoms with Gasteiger partial charge in [0.05, 0.1) is 26.7 Å². The van der Waals surface area contributed by atoms with Crippen LogP contribution in [0.4, 0.5) is 4.79 Å². The van der Waals surface area contributed by atoms with Gasteiger partial charge in [0.1, 0.15) is 6.61 Å². The van der Waals surface area contributed by atoms with Crippen LogP contribution in [0.25, 0.3) is 0 Å². The van der Waals surface area contributed by atoms with Gasteiger partial charge in [-0.1, -0.05) is 12.1 Å². The molecule has 4 rings (SSSR count). The molecule has 2 aliphatic heterocycles. The second-order valence-corrected chi connectivity index (χ2v) is 9.13. The Bertz CT molecular complexity index is 1050. The molecule has 2 aromatic carbocycles. The molecule has 0 bridgehead atoms. The molecule has 2 saturated heterocycles. The van der Waals surface area contributed by atoms with Gasteiger partial charge >= 0.3 is 11.4 Å². The van der Waals surface area contributed by atoms with Crippen molar-refractivity contribution in [2.24, 2.45) is 11.8 Å². The smallest absolute Gasteiger partial charge is 0.409 e. The normalized spacial score (nSPS) is 21.5. The molecule has 1 N–H and O–H groups in total. The van der Waals surface area contributed by atoms with E-state index < -0.39 is 5.43 Å². The lowest BCUT2D eigenvalue weighted by molar-refractivity contribution is -0.141. The lowest BCUT2D eigenvalue weighted by Gasteiger charge is -2.18. The molecule has 3 atom stereocenters. The third-order valence-electron chi connectivity index (χ3n) is 6.51. The summed E-state index contributed by atoms with van der Waals surface area (Å²) in [6.07, 6.45) is 3.42. The van der Waals surface area contributed by atoms with E-state index in [9.17, 15) is 9.59 Å². The predicted octanol–water partition coefficient (Wildman–Crippen LogP) is 4.15. The fourth-order valence-corrected chi connectivity index (χ4v) is 4.75. The van der Waals surface area contributed by atoms with E-state index in [4.69, 9.17) is 35.3 Å². The van der Waals surface area contributed by atoms with Crippen molar-refractivity contribution < 1.29 is 33.3 Å². The average Bonchev–Trinajstić information content (AvgIpc) is 3.49. The third-order valence-corrected chi connectivity index (χ3v) is 6.59. The topological polar surface area (TPSA) is 92.3 Å². The molecule has 0 spiro atoms. The van der Waals surface area contributed by atoms with Crippen molar-refractivity contribution >= 4 is 23.0 Å². The Morgan fingerprint density at radius 3 is 2.37 bits per heavy atom. The van der Waals surface area contributed by atoms with Crippen molar-refractivity contribution in [1.82, 2.24) is 5.32 Å². The summed E-state index contributed by atoms with van der Waals surface area (Å²) < 4.78 is 27.2. The Hall–Kier alpha value is -2.97. The quantitative estimate of drug-likeness (QED) is 0.382. The number of halogens is 1. The number of esters is 1. The van der Waals surface area contributed by atoms with Crippen molar-refractivity contribution in [2.45, 2.75) is 31.7 Å². The molecule has 188 valence electrons. The van der Waals surface area contributed by atoms with Crippen molar-refractivity contribution in [2.75, 3.05) is 34.0 Å². The van der Waals surface area contributed by atoms with Crippen LogP contribution < -0.4 is 24.3 Å². The Morgan fingerprint density at radius 2 is 1.71 bits per heavy atom. The number of carbonyl (C=O) groups excluding carboxylic acids is 2. The lowest BCUT2D eigenvalue weighted by Crippen LogP contribution is -2.28. The Balaban J connectivity index is 1.43. The summed E-state index contributed by atoms with van der Waals surface area (Å²) in [7, 11) is 3.10. The predicted molar refractivity (Wildman–Crippen MR) is 130 cm³/mol. The standard InChI is InChI=1S/C26H30ClNO7/c1-31-23-12-16(5-7-21(23)33-15-19-4-3-9-28-19)10-18-14-34-25(29)20(18)11-17-6-8-22(35-26(27)30)24(13-17)32-2/h5-8,12-13,18-20,28H,3-4,9-11,14-15H2,1-2H3/t18-,19?,20+/m0/s1. The van der Waals surface area contributed by atoms with E-state index in [0.717, 1.165) is 24.1 Å². The molecule has 0 aromatic heterocycles. The molecule has 2 fully saturated rings. The molecule has 0 saturated carbocycles. The fourth-order valence-electron chi connectivity index (χ4n) is 4.67. The van der Waals surface area contributed by atoms with Gasteiger partial charge in [-0.25, -0.2) is 4.79 Å².